The van der Waals surface area contributed by atoms with Crippen molar-refractivity contribution in [3.63, 3.8) is 0 Å². The maximum atomic E-state index is 13.3. The molecule has 1 N–H and O–H groups in total. The molecule has 106 valence electrons. The van der Waals surface area contributed by atoms with Crippen molar-refractivity contribution in [1.29, 1.82) is 0 Å². The molecule has 1 aliphatic carbocycles. The van der Waals surface area contributed by atoms with Crippen LogP contribution in [0, 0.1) is 11.2 Å². The molecule has 0 spiro atoms. The summed E-state index contributed by atoms with van der Waals surface area (Å²) in [4.78, 5) is 15.1. The number of carboxylic acid groups (broad SMARTS) is 1. The first-order valence-electron chi connectivity index (χ1n) is 6.47. The molecule has 2 aromatic rings. The summed E-state index contributed by atoms with van der Waals surface area (Å²) in [6.07, 6.45) is 2.33. The zero-order valence-corrected chi connectivity index (χ0v) is 11.9. The Morgan fingerprint density at radius 1 is 1.55 bits per heavy atom. The molecule has 0 bridgehead atoms. The van der Waals surface area contributed by atoms with Gasteiger partial charge in [-0.3, -0.25) is 4.79 Å². The van der Waals surface area contributed by atoms with Gasteiger partial charge in [0.15, 0.2) is 5.16 Å². The van der Waals surface area contributed by atoms with Crippen LogP contribution in [0.15, 0.2) is 23.4 Å². The lowest BCUT2D eigenvalue weighted by Crippen LogP contribution is -2.10. The van der Waals surface area contributed by atoms with Crippen LogP contribution >= 0.6 is 11.8 Å². The molecule has 4 nitrogen and oxygen atoms in total. The third-order valence-electron chi connectivity index (χ3n) is 3.64. The van der Waals surface area contributed by atoms with Crippen molar-refractivity contribution in [3.8, 4) is 0 Å². The molecule has 1 aromatic heterocycles. The van der Waals surface area contributed by atoms with E-state index in [0.29, 0.717) is 10.7 Å². The topological polar surface area (TPSA) is 55.1 Å². The van der Waals surface area contributed by atoms with Crippen molar-refractivity contribution in [2.24, 2.45) is 5.41 Å². The summed E-state index contributed by atoms with van der Waals surface area (Å²) in [6.45, 7) is 3.01. The van der Waals surface area contributed by atoms with E-state index in [4.69, 9.17) is 5.11 Å². The minimum absolute atomic E-state index is 0.0392. The molecule has 1 aliphatic rings. The molecule has 0 amide bonds. The van der Waals surface area contributed by atoms with Gasteiger partial charge in [0, 0.05) is 12.6 Å². The van der Waals surface area contributed by atoms with Crippen LogP contribution in [0.2, 0.25) is 0 Å². The predicted octanol–water partition coefficient (Wildman–Crippen LogP) is 3.15. The van der Waals surface area contributed by atoms with Crippen LogP contribution in [0.3, 0.4) is 0 Å². The molecule has 0 saturated heterocycles. The van der Waals surface area contributed by atoms with Crippen LogP contribution in [0.25, 0.3) is 11.0 Å². The van der Waals surface area contributed by atoms with Gasteiger partial charge in [-0.1, -0.05) is 18.7 Å². The lowest BCUT2D eigenvalue weighted by atomic mass is 10.1. The van der Waals surface area contributed by atoms with Gasteiger partial charge in [-0.2, -0.15) is 0 Å². The van der Waals surface area contributed by atoms with E-state index in [1.807, 2.05) is 4.57 Å². The second-order valence-electron chi connectivity index (χ2n) is 5.61. The number of imidazole rings is 1. The Hall–Kier alpha value is -1.56. The second-order valence-corrected chi connectivity index (χ2v) is 6.55. The van der Waals surface area contributed by atoms with Gasteiger partial charge in [-0.15, -0.1) is 0 Å². The first-order valence-corrected chi connectivity index (χ1v) is 7.46. The Bertz CT molecular complexity index is 679. The van der Waals surface area contributed by atoms with E-state index in [1.165, 1.54) is 23.9 Å². The van der Waals surface area contributed by atoms with Crippen molar-refractivity contribution >= 4 is 28.8 Å². The first-order chi connectivity index (χ1) is 9.47. The van der Waals surface area contributed by atoms with Crippen LogP contribution in [-0.4, -0.2) is 26.4 Å². The third-order valence-corrected chi connectivity index (χ3v) is 4.60. The average Bonchev–Trinajstić information content (AvgIpc) is 3.00. The smallest absolute Gasteiger partial charge is 0.313 e. The van der Waals surface area contributed by atoms with Gasteiger partial charge in [-0.25, -0.2) is 9.37 Å². The third kappa shape index (κ3) is 2.65. The summed E-state index contributed by atoms with van der Waals surface area (Å²) in [5.41, 5.74) is 1.72. The minimum Gasteiger partial charge on any atom is -0.481 e. The lowest BCUT2D eigenvalue weighted by molar-refractivity contribution is -0.133. The van der Waals surface area contributed by atoms with Crippen LogP contribution in [0.4, 0.5) is 4.39 Å². The van der Waals surface area contributed by atoms with Gasteiger partial charge in [0.2, 0.25) is 0 Å². The molecular weight excluding hydrogens is 279 g/mol. The highest BCUT2D eigenvalue weighted by atomic mass is 32.2. The summed E-state index contributed by atoms with van der Waals surface area (Å²) in [5, 5.41) is 9.47. The van der Waals surface area contributed by atoms with Gasteiger partial charge in [-0.05, 0) is 30.4 Å². The van der Waals surface area contributed by atoms with E-state index < -0.39 is 5.97 Å². The number of carbonyl (C=O) groups is 1. The minimum atomic E-state index is -0.877. The highest BCUT2D eigenvalue weighted by molar-refractivity contribution is 7.99. The summed E-state index contributed by atoms with van der Waals surface area (Å²) < 4.78 is 15.3. The summed E-state index contributed by atoms with van der Waals surface area (Å²) in [5.74, 6) is -1.24. The fourth-order valence-corrected chi connectivity index (χ4v) is 2.96. The molecule has 1 saturated carbocycles. The predicted molar refractivity (Wildman–Crippen MR) is 75.4 cm³/mol. The van der Waals surface area contributed by atoms with Gasteiger partial charge in [0.1, 0.15) is 5.82 Å². The fraction of sp³-hybridized carbons (Fsp3) is 0.429. The zero-order valence-electron chi connectivity index (χ0n) is 11.1. The number of thioether (sulfide) groups is 1. The van der Waals surface area contributed by atoms with Crippen molar-refractivity contribution in [2.45, 2.75) is 31.5 Å². The van der Waals surface area contributed by atoms with E-state index in [0.717, 1.165) is 24.9 Å². The number of fused-ring (bicyclic) bond motifs is 1. The first kappa shape index (κ1) is 13.4. The maximum absolute atomic E-state index is 13.3. The van der Waals surface area contributed by atoms with Crippen molar-refractivity contribution < 1.29 is 14.3 Å². The van der Waals surface area contributed by atoms with Crippen molar-refractivity contribution in [2.75, 3.05) is 5.75 Å². The molecule has 0 unspecified atom stereocenters. The largest absolute Gasteiger partial charge is 0.481 e. The number of carboxylic acids is 1. The summed E-state index contributed by atoms with van der Waals surface area (Å²) in [6, 6.07) is 4.53. The molecule has 0 radical (unpaired) electrons. The molecule has 0 aliphatic heterocycles. The van der Waals surface area contributed by atoms with Gasteiger partial charge in [0.05, 0.1) is 16.8 Å². The van der Waals surface area contributed by atoms with Crippen molar-refractivity contribution in [1.82, 2.24) is 9.55 Å². The second kappa shape index (κ2) is 4.77. The van der Waals surface area contributed by atoms with Crippen LogP contribution in [-0.2, 0) is 11.3 Å². The molecule has 20 heavy (non-hydrogen) atoms. The standard InChI is InChI=1S/C14H15FN2O2S/c1-14(4-5-14)8-17-11-3-2-9(15)6-10(11)16-13(17)20-7-12(18)19/h2-3,6H,4-5,7-8H2,1H3,(H,18,19). The highest BCUT2D eigenvalue weighted by Gasteiger charge is 2.38. The Kier molecular flexibility index (Phi) is 3.20. The molecule has 1 fully saturated rings. The number of nitrogens with zero attached hydrogens (tertiary/aromatic N) is 2. The van der Waals surface area contributed by atoms with Gasteiger partial charge >= 0.3 is 5.97 Å². The Morgan fingerprint density at radius 3 is 2.95 bits per heavy atom. The van der Waals surface area contributed by atoms with Crippen molar-refractivity contribution in [3.05, 3.63) is 24.0 Å². The number of benzene rings is 1. The summed E-state index contributed by atoms with van der Waals surface area (Å²) in [7, 11) is 0. The van der Waals surface area contributed by atoms with E-state index >= 15 is 0 Å². The van der Waals surface area contributed by atoms with Crippen LogP contribution < -0.4 is 0 Å². The van der Waals surface area contributed by atoms with E-state index in [-0.39, 0.29) is 17.0 Å². The molecule has 0 atom stereocenters. The monoisotopic (exact) mass is 294 g/mol. The molecule has 1 heterocycles. The number of halogens is 1. The Balaban J connectivity index is 2.01. The van der Waals surface area contributed by atoms with Crippen LogP contribution in [0.1, 0.15) is 19.8 Å². The highest BCUT2D eigenvalue weighted by Crippen LogP contribution is 2.47. The summed E-state index contributed by atoms with van der Waals surface area (Å²) >= 11 is 1.19. The maximum Gasteiger partial charge on any atom is 0.313 e. The number of aliphatic carboxylic acids is 1. The fourth-order valence-electron chi connectivity index (χ4n) is 2.22. The normalized spacial score (nSPS) is 16.5. The van der Waals surface area contributed by atoms with E-state index in [1.54, 1.807) is 6.07 Å². The van der Waals surface area contributed by atoms with Crippen LogP contribution in [0.5, 0.6) is 0 Å². The van der Waals surface area contributed by atoms with Gasteiger partial charge < -0.3 is 9.67 Å². The SMILES string of the molecule is CC1(Cn2c(SCC(=O)O)nc3cc(F)ccc32)CC1. The number of rotatable bonds is 5. The number of aromatic nitrogens is 2. The van der Waals surface area contributed by atoms with Gasteiger partial charge in [0.25, 0.3) is 0 Å². The zero-order chi connectivity index (χ0) is 14.3. The molecule has 3 rings (SSSR count). The average molecular weight is 294 g/mol. The lowest BCUT2D eigenvalue weighted by Gasteiger charge is -2.13. The molecule has 1 aromatic carbocycles. The van der Waals surface area contributed by atoms with E-state index in [2.05, 4.69) is 11.9 Å². The number of hydrogen-bond acceptors (Lipinski definition) is 3. The molecular formula is C14H15FN2O2S. The Morgan fingerprint density at radius 2 is 2.30 bits per heavy atom. The van der Waals surface area contributed by atoms with E-state index in [9.17, 15) is 9.18 Å². The number of hydrogen-bond donors (Lipinski definition) is 1. The Labute approximate surface area is 120 Å². The quantitative estimate of drug-likeness (QED) is 0.861. The molecule has 6 heteroatoms.